The molecule has 5 heteroatoms. The van der Waals surface area contributed by atoms with E-state index in [1.807, 2.05) is 30.3 Å². The highest BCUT2D eigenvalue weighted by Gasteiger charge is 2.26. The second kappa shape index (κ2) is 9.53. The Morgan fingerprint density at radius 2 is 1.74 bits per heavy atom. The summed E-state index contributed by atoms with van der Waals surface area (Å²) in [5.74, 6) is 0.906. The molecule has 0 aliphatic carbocycles. The van der Waals surface area contributed by atoms with E-state index in [-0.39, 0.29) is 5.91 Å². The molecule has 2 aromatic rings. The lowest BCUT2D eigenvalue weighted by atomic mass is 10.1. The Bertz CT molecular complexity index is 718. The molecule has 1 aliphatic rings. The number of hydrogen-bond donors (Lipinski definition) is 1. The van der Waals surface area contributed by atoms with Crippen LogP contribution in [0, 0.1) is 0 Å². The molecular weight excluding hydrogens is 340 g/mol. The van der Waals surface area contributed by atoms with Crippen LogP contribution in [0.2, 0.25) is 0 Å². The summed E-state index contributed by atoms with van der Waals surface area (Å²) in [6.45, 7) is 2.95. The number of benzene rings is 2. The van der Waals surface area contributed by atoms with Crippen molar-refractivity contribution in [2.45, 2.75) is 38.6 Å². The fraction of sp³-hybridized carbons (Fsp3) is 0.409. The molecule has 1 heterocycles. The van der Waals surface area contributed by atoms with Crippen LogP contribution < -0.4 is 4.74 Å². The Hall–Kier alpha value is -2.37. The van der Waals surface area contributed by atoms with Crippen LogP contribution >= 0.6 is 0 Å². The first kappa shape index (κ1) is 19.4. The molecule has 27 heavy (non-hydrogen) atoms. The zero-order chi connectivity index (χ0) is 19.1. The monoisotopic (exact) mass is 368 g/mol. The van der Waals surface area contributed by atoms with E-state index in [4.69, 9.17) is 4.74 Å². The van der Waals surface area contributed by atoms with Crippen LogP contribution in [-0.4, -0.2) is 47.2 Å². The van der Waals surface area contributed by atoms with Crippen LogP contribution in [0.25, 0.3) is 0 Å². The summed E-state index contributed by atoms with van der Waals surface area (Å²) in [6.07, 6.45) is 1.25. The Morgan fingerprint density at radius 3 is 2.33 bits per heavy atom. The van der Waals surface area contributed by atoms with Gasteiger partial charge < -0.3 is 14.7 Å². The van der Waals surface area contributed by atoms with Crippen molar-refractivity contribution in [2.24, 2.45) is 0 Å². The minimum absolute atomic E-state index is 0.0623. The van der Waals surface area contributed by atoms with Gasteiger partial charge in [-0.25, -0.2) is 0 Å². The normalized spacial score (nSPS) is 15.4. The number of methoxy groups -OCH3 is 1. The number of aliphatic hydroxyl groups excluding tert-OH is 1. The average molecular weight is 368 g/mol. The molecule has 0 radical (unpaired) electrons. The van der Waals surface area contributed by atoms with Crippen LogP contribution in [0.15, 0.2) is 54.6 Å². The zero-order valence-corrected chi connectivity index (χ0v) is 15.9. The van der Waals surface area contributed by atoms with Gasteiger partial charge >= 0.3 is 0 Å². The molecular formula is C22H28N2O3. The van der Waals surface area contributed by atoms with E-state index in [2.05, 4.69) is 29.2 Å². The van der Waals surface area contributed by atoms with E-state index >= 15 is 0 Å². The molecule has 3 rings (SSSR count). The molecule has 0 saturated carbocycles. The van der Waals surface area contributed by atoms with Crippen LogP contribution in [0.5, 0.6) is 5.75 Å². The van der Waals surface area contributed by atoms with Crippen molar-refractivity contribution in [1.29, 1.82) is 0 Å². The molecule has 0 bridgehead atoms. The minimum Gasteiger partial charge on any atom is -0.497 e. The van der Waals surface area contributed by atoms with Gasteiger partial charge in [-0.1, -0.05) is 42.5 Å². The predicted molar refractivity (Wildman–Crippen MR) is 105 cm³/mol. The number of carbonyl (C=O) groups is 1. The average Bonchev–Trinajstić information content (AvgIpc) is 3.13. The molecule has 1 atom stereocenters. The van der Waals surface area contributed by atoms with Crippen molar-refractivity contribution < 1.29 is 14.6 Å². The minimum atomic E-state index is -0.700. The van der Waals surface area contributed by atoms with E-state index in [9.17, 15) is 9.90 Å². The second-order valence-electron chi connectivity index (χ2n) is 7.00. The summed E-state index contributed by atoms with van der Waals surface area (Å²) >= 11 is 0. The number of rotatable bonds is 9. The molecule has 5 nitrogen and oxygen atoms in total. The Labute approximate surface area is 161 Å². The lowest BCUT2D eigenvalue weighted by Crippen LogP contribution is -2.38. The van der Waals surface area contributed by atoms with Crippen LogP contribution in [0.3, 0.4) is 0 Å². The van der Waals surface area contributed by atoms with Gasteiger partial charge in [-0.15, -0.1) is 0 Å². The van der Waals surface area contributed by atoms with Gasteiger partial charge in [0.15, 0.2) is 0 Å². The van der Waals surface area contributed by atoms with Crippen LogP contribution in [0.4, 0.5) is 0 Å². The number of likely N-dealkylation sites (tertiary alicyclic amines) is 1. The molecule has 1 aliphatic heterocycles. The van der Waals surface area contributed by atoms with Gasteiger partial charge in [-0.2, -0.15) is 0 Å². The van der Waals surface area contributed by atoms with Crippen molar-refractivity contribution in [3.8, 4) is 5.75 Å². The number of aliphatic hydroxyl groups is 1. The standard InChI is InChI=1S/C22H28N2O3/c1-27-20-11-9-19(10-12-20)17-23(16-18-6-3-2-4-7-18)15-13-22(26)24-14-5-8-21(24)25/h2-4,6-7,9-12,22,26H,5,8,13-17H2,1H3. The SMILES string of the molecule is COc1ccc(CN(CCC(O)N2CCCC2=O)Cc2ccccc2)cc1. The molecule has 1 unspecified atom stereocenters. The lowest BCUT2D eigenvalue weighted by Gasteiger charge is -2.27. The summed E-state index contributed by atoms with van der Waals surface area (Å²) < 4.78 is 5.23. The highest BCUT2D eigenvalue weighted by Crippen LogP contribution is 2.18. The topological polar surface area (TPSA) is 53.0 Å². The first-order chi connectivity index (χ1) is 13.2. The van der Waals surface area contributed by atoms with E-state index in [0.29, 0.717) is 25.9 Å². The maximum atomic E-state index is 11.8. The van der Waals surface area contributed by atoms with Gasteiger partial charge in [-0.3, -0.25) is 9.69 Å². The van der Waals surface area contributed by atoms with Crippen molar-refractivity contribution in [1.82, 2.24) is 9.80 Å². The van der Waals surface area contributed by atoms with Gasteiger partial charge in [0.1, 0.15) is 12.0 Å². The molecule has 1 saturated heterocycles. The third-order valence-electron chi connectivity index (χ3n) is 4.99. The van der Waals surface area contributed by atoms with E-state index in [0.717, 1.165) is 25.3 Å². The Balaban J connectivity index is 1.64. The molecule has 144 valence electrons. The summed E-state index contributed by atoms with van der Waals surface area (Å²) in [5.41, 5.74) is 2.43. The maximum Gasteiger partial charge on any atom is 0.224 e. The zero-order valence-electron chi connectivity index (χ0n) is 15.9. The molecule has 1 N–H and O–H groups in total. The molecule has 1 fully saturated rings. The number of hydrogen-bond acceptors (Lipinski definition) is 4. The van der Waals surface area contributed by atoms with Crippen molar-refractivity contribution in [2.75, 3.05) is 20.2 Å². The highest BCUT2D eigenvalue weighted by molar-refractivity contribution is 5.78. The summed E-state index contributed by atoms with van der Waals surface area (Å²) in [7, 11) is 1.66. The Kier molecular flexibility index (Phi) is 6.85. The van der Waals surface area contributed by atoms with Gasteiger partial charge in [0.05, 0.1) is 7.11 Å². The third-order valence-corrected chi connectivity index (χ3v) is 4.99. The van der Waals surface area contributed by atoms with Gasteiger partial charge in [0.2, 0.25) is 5.91 Å². The number of amides is 1. The first-order valence-electron chi connectivity index (χ1n) is 9.52. The van der Waals surface area contributed by atoms with Gasteiger partial charge in [0.25, 0.3) is 0 Å². The van der Waals surface area contributed by atoms with E-state index in [1.54, 1.807) is 12.0 Å². The quantitative estimate of drug-likeness (QED) is 0.739. The summed E-state index contributed by atoms with van der Waals surface area (Å²) in [4.78, 5) is 15.8. The fourth-order valence-electron chi connectivity index (χ4n) is 3.48. The van der Waals surface area contributed by atoms with Gasteiger partial charge in [-0.05, 0) is 29.7 Å². The van der Waals surface area contributed by atoms with Crippen LogP contribution in [0.1, 0.15) is 30.4 Å². The summed E-state index contributed by atoms with van der Waals surface area (Å²) in [5, 5.41) is 10.4. The molecule has 1 amide bonds. The number of ether oxygens (including phenoxy) is 1. The van der Waals surface area contributed by atoms with E-state index in [1.165, 1.54) is 11.1 Å². The fourth-order valence-corrected chi connectivity index (χ4v) is 3.48. The lowest BCUT2D eigenvalue weighted by molar-refractivity contribution is -0.136. The smallest absolute Gasteiger partial charge is 0.224 e. The van der Waals surface area contributed by atoms with Crippen LogP contribution in [-0.2, 0) is 17.9 Å². The van der Waals surface area contributed by atoms with Crippen molar-refractivity contribution >= 4 is 5.91 Å². The predicted octanol–water partition coefficient (Wildman–Crippen LogP) is 3.03. The molecule has 2 aromatic carbocycles. The largest absolute Gasteiger partial charge is 0.497 e. The second-order valence-corrected chi connectivity index (χ2v) is 7.00. The first-order valence-corrected chi connectivity index (χ1v) is 9.52. The number of nitrogens with zero attached hydrogens (tertiary/aromatic N) is 2. The van der Waals surface area contributed by atoms with Crippen molar-refractivity contribution in [3.63, 3.8) is 0 Å². The molecule has 0 aromatic heterocycles. The summed E-state index contributed by atoms with van der Waals surface area (Å²) in [6, 6.07) is 18.4. The van der Waals surface area contributed by atoms with Crippen molar-refractivity contribution in [3.05, 3.63) is 65.7 Å². The van der Waals surface area contributed by atoms with E-state index < -0.39 is 6.23 Å². The molecule has 0 spiro atoms. The highest BCUT2D eigenvalue weighted by atomic mass is 16.5. The van der Waals surface area contributed by atoms with Gasteiger partial charge in [0, 0.05) is 39.0 Å². The maximum absolute atomic E-state index is 11.8. The Morgan fingerprint density at radius 1 is 1.07 bits per heavy atom. The third kappa shape index (κ3) is 5.55. The number of carbonyl (C=O) groups excluding carboxylic acids is 1.